The second-order valence-electron chi connectivity index (χ2n) is 7.16. The van der Waals surface area contributed by atoms with Gasteiger partial charge in [0.25, 0.3) is 0 Å². The number of nitrogens with zero attached hydrogens (tertiary/aromatic N) is 2. The first-order valence-corrected chi connectivity index (χ1v) is 9.74. The molecule has 0 amide bonds. The molecule has 3 N–H and O–H groups in total. The monoisotopic (exact) mass is 370 g/mol. The Morgan fingerprint density at radius 1 is 0.964 bits per heavy atom. The number of hydrogen-bond donors (Lipinski definition) is 2. The van der Waals surface area contributed by atoms with Crippen molar-refractivity contribution in [2.24, 2.45) is 5.73 Å². The third kappa shape index (κ3) is 3.98. The van der Waals surface area contributed by atoms with Crippen molar-refractivity contribution in [1.29, 1.82) is 0 Å². The molecule has 0 aliphatic heterocycles. The van der Waals surface area contributed by atoms with E-state index in [0.29, 0.717) is 6.54 Å². The van der Waals surface area contributed by atoms with Gasteiger partial charge >= 0.3 is 0 Å². The minimum absolute atomic E-state index is 0.661. The molecule has 142 valence electrons. The third-order valence-corrected chi connectivity index (χ3v) is 5.16. The zero-order chi connectivity index (χ0) is 19.3. The number of rotatable bonds is 7. The number of hydrogen-bond acceptors (Lipinski definition) is 3. The molecule has 1 heterocycles. The lowest BCUT2D eigenvalue weighted by atomic mass is 10.0. The summed E-state index contributed by atoms with van der Waals surface area (Å²) in [6.07, 6.45) is 1.94. The maximum absolute atomic E-state index is 5.53. The van der Waals surface area contributed by atoms with Gasteiger partial charge in [-0.1, -0.05) is 54.6 Å². The normalized spacial score (nSPS) is 11.2. The number of benzene rings is 3. The molecular formula is C24H26N4. The lowest BCUT2D eigenvalue weighted by molar-refractivity contribution is 0.695. The van der Waals surface area contributed by atoms with E-state index >= 15 is 0 Å². The SMILES string of the molecule is Cc1ccccc1Cn1cnc2ccc(-c3ccc(CNCCN)cc3)cc21. The first-order chi connectivity index (χ1) is 13.7. The molecule has 0 radical (unpaired) electrons. The van der Waals surface area contributed by atoms with Crippen molar-refractivity contribution >= 4 is 11.0 Å². The summed E-state index contributed by atoms with van der Waals surface area (Å²) in [6.45, 7) is 5.33. The Bertz CT molecular complexity index is 1060. The quantitative estimate of drug-likeness (QED) is 0.481. The lowest BCUT2D eigenvalue weighted by Gasteiger charge is -2.09. The third-order valence-electron chi connectivity index (χ3n) is 5.16. The zero-order valence-corrected chi connectivity index (χ0v) is 16.2. The van der Waals surface area contributed by atoms with Crippen LogP contribution in [0.4, 0.5) is 0 Å². The topological polar surface area (TPSA) is 55.9 Å². The van der Waals surface area contributed by atoms with Crippen LogP contribution in [0.1, 0.15) is 16.7 Å². The van der Waals surface area contributed by atoms with E-state index in [-0.39, 0.29) is 0 Å². The van der Waals surface area contributed by atoms with Crippen LogP contribution in [0, 0.1) is 6.92 Å². The highest BCUT2D eigenvalue weighted by atomic mass is 15.0. The Morgan fingerprint density at radius 3 is 2.54 bits per heavy atom. The van der Waals surface area contributed by atoms with Gasteiger partial charge < -0.3 is 15.6 Å². The fraction of sp³-hybridized carbons (Fsp3) is 0.208. The number of imidazole rings is 1. The van der Waals surface area contributed by atoms with E-state index in [4.69, 9.17) is 5.73 Å². The van der Waals surface area contributed by atoms with Gasteiger partial charge in [-0.25, -0.2) is 4.98 Å². The van der Waals surface area contributed by atoms with E-state index in [1.54, 1.807) is 0 Å². The van der Waals surface area contributed by atoms with Gasteiger partial charge in [0.2, 0.25) is 0 Å². The molecular weight excluding hydrogens is 344 g/mol. The smallest absolute Gasteiger partial charge is 0.0961 e. The van der Waals surface area contributed by atoms with Crippen LogP contribution in [0.3, 0.4) is 0 Å². The zero-order valence-electron chi connectivity index (χ0n) is 16.2. The summed E-state index contributed by atoms with van der Waals surface area (Å²) in [5, 5.41) is 3.33. The van der Waals surface area contributed by atoms with Crippen LogP contribution >= 0.6 is 0 Å². The van der Waals surface area contributed by atoms with Crippen LogP contribution in [0.2, 0.25) is 0 Å². The van der Waals surface area contributed by atoms with Crippen LogP contribution in [0.25, 0.3) is 22.2 Å². The Hall–Kier alpha value is -2.95. The molecule has 0 saturated heterocycles. The number of aryl methyl sites for hydroxylation is 1. The summed E-state index contributed by atoms with van der Waals surface area (Å²) >= 11 is 0. The van der Waals surface area contributed by atoms with Crippen LogP contribution in [0.15, 0.2) is 73.1 Å². The Kier molecular flexibility index (Phi) is 5.51. The second-order valence-corrected chi connectivity index (χ2v) is 7.16. The van der Waals surface area contributed by atoms with E-state index in [1.165, 1.54) is 27.8 Å². The average Bonchev–Trinajstić information content (AvgIpc) is 3.12. The minimum atomic E-state index is 0.661. The van der Waals surface area contributed by atoms with Crippen LogP contribution in [0.5, 0.6) is 0 Å². The largest absolute Gasteiger partial charge is 0.329 e. The van der Waals surface area contributed by atoms with Gasteiger partial charge in [-0.2, -0.15) is 0 Å². The molecule has 0 unspecified atom stereocenters. The number of aromatic nitrogens is 2. The predicted molar refractivity (Wildman–Crippen MR) is 116 cm³/mol. The summed E-state index contributed by atoms with van der Waals surface area (Å²) in [6, 6.07) is 23.7. The standard InChI is InChI=1S/C24H26N4/c1-18-4-2-3-5-22(18)16-28-17-27-23-11-10-21(14-24(23)28)20-8-6-19(7-9-20)15-26-13-12-25/h2-11,14,17,26H,12-13,15-16,25H2,1H3. The predicted octanol–water partition coefficient (Wildman–Crippen LogP) is 4.11. The molecule has 28 heavy (non-hydrogen) atoms. The van der Waals surface area contributed by atoms with Gasteiger partial charge in [0.05, 0.1) is 17.4 Å². The lowest BCUT2D eigenvalue weighted by Crippen LogP contribution is -2.21. The molecule has 4 heteroatoms. The van der Waals surface area contributed by atoms with Crippen molar-refractivity contribution in [2.45, 2.75) is 20.0 Å². The highest BCUT2D eigenvalue weighted by Crippen LogP contribution is 2.25. The number of nitrogens with one attached hydrogen (secondary N) is 1. The van der Waals surface area contributed by atoms with E-state index in [9.17, 15) is 0 Å². The molecule has 4 nitrogen and oxygen atoms in total. The highest BCUT2D eigenvalue weighted by Gasteiger charge is 2.07. The molecule has 0 aliphatic carbocycles. The summed E-state index contributed by atoms with van der Waals surface area (Å²) in [7, 11) is 0. The maximum atomic E-state index is 5.53. The molecule has 0 bridgehead atoms. The van der Waals surface area contributed by atoms with E-state index in [0.717, 1.165) is 30.7 Å². The van der Waals surface area contributed by atoms with Crippen LogP contribution < -0.4 is 11.1 Å². The first kappa shape index (κ1) is 18.4. The molecule has 1 aromatic heterocycles. The second kappa shape index (κ2) is 8.38. The van der Waals surface area contributed by atoms with E-state index < -0.39 is 0 Å². The molecule has 3 aromatic carbocycles. The maximum Gasteiger partial charge on any atom is 0.0961 e. The number of nitrogens with two attached hydrogens (primary N) is 1. The van der Waals surface area contributed by atoms with Gasteiger partial charge in [-0.3, -0.25) is 0 Å². The van der Waals surface area contributed by atoms with Crippen molar-refractivity contribution in [3.63, 3.8) is 0 Å². The summed E-state index contributed by atoms with van der Waals surface area (Å²) < 4.78 is 2.23. The minimum Gasteiger partial charge on any atom is -0.329 e. The first-order valence-electron chi connectivity index (χ1n) is 9.74. The van der Waals surface area contributed by atoms with Crippen molar-refractivity contribution in [3.05, 3.63) is 89.7 Å². The number of fused-ring (bicyclic) bond motifs is 1. The van der Waals surface area contributed by atoms with Crippen LogP contribution in [-0.2, 0) is 13.1 Å². The van der Waals surface area contributed by atoms with Crippen molar-refractivity contribution in [2.75, 3.05) is 13.1 Å². The Balaban J connectivity index is 1.60. The van der Waals surface area contributed by atoms with Crippen molar-refractivity contribution in [3.8, 4) is 11.1 Å². The summed E-state index contributed by atoms with van der Waals surface area (Å²) in [5.41, 5.74) is 14.0. The Labute approximate surface area is 166 Å². The fourth-order valence-corrected chi connectivity index (χ4v) is 3.48. The molecule has 0 atom stereocenters. The molecule has 0 spiro atoms. The molecule has 4 rings (SSSR count). The van der Waals surface area contributed by atoms with Crippen molar-refractivity contribution < 1.29 is 0 Å². The molecule has 4 aromatic rings. The van der Waals surface area contributed by atoms with Gasteiger partial charge in [-0.05, 0) is 46.9 Å². The highest BCUT2D eigenvalue weighted by molar-refractivity contribution is 5.82. The van der Waals surface area contributed by atoms with E-state index in [2.05, 4.69) is 88.5 Å². The van der Waals surface area contributed by atoms with Gasteiger partial charge in [0.15, 0.2) is 0 Å². The van der Waals surface area contributed by atoms with Gasteiger partial charge in [0, 0.05) is 26.2 Å². The van der Waals surface area contributed by atoms with Crippen LogP contribution in [-0.4, -0.2) is 22.6 Å². The van der Waals surface area contributed by atoms with E-state index in [1.807, 2.05) is 6.33 Å². The van der Waals surface area contributed by atoms with Gasteiger partial charge in [-0.15, -0.1) is 0 Å². The molecule has 0 saturated carbocycles. The van der Waals surface area contributed by atoms with Crippen molar-refractivity contribution in [1.82, 2.24) is 14.9 Å². The van der Waals surface area contributed by atoms with Gasteiger partial charge in [0.1, 0.15) is 0 Å². The Morgan fingerprint density at radius 2 is 1.75 bits per heavy atom. The average molecular weight is 371 g/mol. The molecule has 0 aliphatic rings. The fourth-order valence-electron chi connectivity index (χ4n) is 3.48. The molecule has 0 fully saturated rings. The summed E-state index contributed by atoms with van der Waals surface area (Å²) in [4.78, 5) is 4.58. The summed E-state index contributed by atoms with van der Waals surface area (Å²) in [5.74, 6) is 0.